The van der Waals surface area contributed by atoms with Crippen molar-refractivity contribution in [1.29, 1.82) is 0 Å². The molecule has 20 heavy (non-hydrogen) atoms. The summed E-state index contributed by atoms with van der Waals surface area (Å²) >= 11 is 0. The monoisotopic (exact) mass is 287 g/mol. The van der Waals surface area contributed by atoms with Gasteiger partial charge in [-0.25, -0.2) is 4.79 Å². The summed E-state index contributed by atoms with van der Waals surface area (Å²) in [5.74, 6) is -1.83. The van der Waals surface area contributed by atoms with Crippen LogP contribution in [0.3, 0.4) is 0 Å². The molecule has 0 rings (SSSR count). The smallest absolute Gasteiger partial charge is 0.315 e. The largest absolute Gasteiger partial charge is 0.481 e. The van der Waals surface area contributed by atoms with Gasteiger partial charge in [-0.3, -0.25) is 9.59 Å². The topological polar surface area (TPSA) is 98.7 Å². The lowest BCUT2D eigenvalue weighted by atomic mass is 9.96. The highest BCUT2D eigenvalue weighted by Crippen LogP contribution is 2.09. The first-order chi connectivity index (χ1) is 9.33. The highest BCUT2D eigenvalue weighted by molar-refractivity contribution is 5.84. The van der Waals surface area contributed by atoms with E-state index in [9.17, 15) is 14.4 Å². The molecule has 0 aromatic carbocycles. The molecule has 0 fully saturated rings. The third kappa shape index (κ3) is 6.40. The molecule has 0 saturated carbocycles. The predicted octanol–water partition coefficient (Wildman–Crippen LogP) is 0.511. The fraction of sp³-hybridized carbons (Fsp3) is 0.769. The van der Waals surface area contributed by atoms with Crippen molar-refractivity contribution < 1.29 is 19.5 Å². The number of hydrogen-bond acceptors (Lipinski definition) is 3. The molecule has 0 aliphatic carbocycles. The molecule has 0 saturated heterocycles. The van der Waals surface area contributed by atoms with Crippen LogP contribution in [0.15, 0.2) is 0 Å². The van der Waals surface area contributed by atoms with E-state index < -0.39 is 17.9 Å². The molecule has 3 amide bonds. The Balaban J connectivity index is 4.12. The molecule has 1 unspecified atom stereocenters. The molecule has 0 radical (unpaired) electrons. The molecule has 0 heterocycles. The standard InChI is InChI=1S/C13H25N3O4/c1-5-16(6-2)11(17)8-15-13(20)14-7-10(9(3)4)12(18)19/h9-10H,5-8H2,1-4H3,(H,18,19)(H2,14,15,20). The van der Waals surface area contributed by atoms with Gasteiger partial charge >= 0.3 is 12.0 Å². The van der Waals surface area contributed by atoms with Gasteiger partial charge in [0.15, 0.2) is 0 Å². The average molecular weight is 287 g/mol. The summed E-state index contributed by atoms with van der Waals surface area (Å²) in [6.07, 6.45) is 0. The first-order valence-corrected chi connectivity index (χ1v) is 6.85. The quantitative estimate of drug-likeness (QED) is 0.605. The van der Waals surface area contributed by atoms with Crippen molar-refractivity contribution in [3.63, 3.8) is 0 Å². The highest BCUT2D eigenvalue weighted by atomic mass is 16.4. The number of carbonyl (C=O) groups is 3. The van der Waals surface area contributed by atoms with Gasteiger partial charge in [0.1, 0.15) is 0 Å². The molecule has 1 atom stereocenters. The maximum Gasteiger partial charge on any atom is 0.315 e. The minimum atomic E-state index is -0.945. The summed E-state index contributed by atoms with van der Waals surface area (Å²) in [5.41, 5.74) is 0. The zero-order valence-corrected chi connectivity index (χ0v) is 12.6. The van der Waals surface area contributed by atoms with Gasteiger partial charge in [0.05, 0.1) is 12.5 Å². The Labute approximate surface area is 119 Å². The number of likely N-dealkylation sites (N-methyl/N-ethyl adjacent to an activating group) is 1. The van der Waals surface area contributed by atoms with Gasteiger partial charge < -0.3 is 20.6 Å². The fourth-order valence-corrected chi connectivity index (χ4v) is 1.72. The van der Waals surface area contributed by atoms with Crippen LogP contribution >= 0.6 is 0 Å². The lowest BCUT2D eigenvalue weighted by Crippen LogP contribution is -2.45. The zero-order valence-electron chi connectivity index (χ0n) is 12.6. The molecule has 7 heteroatoms. The number of carbonyl (C=O) groups excluding carboxylic acids is 2. The van der Waals surface area contributed by atoms with E-state index in [1.54, 1.807) is 18.7 Å². The number of rotatable bonds is 8. The first-order valence-electron chi connectivity index (χ1n) is 6.85. The molecule has 116 valence electrons. The lowest BCUT2D eigenvalue weighted by molar-refractivity contribution is -0.143. The first kappa shape index (κ1) is 18.2. The van der Waals surface area contributed by atoms with E-state index in [4.69, 9.17) is 5.11 Å². The Morgan fingerprint density at radius 3 is 2.05 bits per heavy atom. The van der Waals surface area contributed by atoms with Crippen molar-refractivity contribution in [2.24, 2.45) is 11.8 Å². The maximum atomic E-state index is 11.7. The van der Waals surface area contributed by atoms with E-state index >= 15 is 0 Å². The summed E-state index contributed by atoms with van der Waals surface area (Å²) in [4.78, 5) is 35.7. The van der Waals surface area contributed by atoms with Crippen molar-refractivity contribution in [3.8, 4) is 0 Å². The summed E-state index contributed by atoms with van der Waals surface area (Å²) in [6.45, 7) is 8.42. The van der Waals surface area contributed by atoms with Gasteiger partial charge in [0.2, 0.25) is 5.91 Å². The van der Waals surface area contributed by atoms with Crippen LogP contribution in [0.5, 0.6) is 0 Å². The van der Waals surface area contributed by atoms with E-state index in [1.165, 1.54) is 0 Å². The number of hydrogen-bond donors (Lipinski definition) is 3. The van der Waals surface area contributed by atoms with Gasteiger partial charge in [-0.05, 0) is 19.8 Å². The molecule has 7 nitrogen and oxygen atoms in total. The van der Waals surface area contributed by atoms with Crippen LogP contribution in [0.1, 0.15) is 27.7 Å². The minimum Gasteiger partial charge on any atom is -0.481 e. The Kier molecular flexibility index (Phi) is 8.35. The van der Waals surface area contributed by atoms with E-state index in [0.717, 1.165) is 0 Å². The van der Waals surface area contributed by atoms with E-state index in [0.29, 0.717) is 13.1 Å². The van der Waals surface area contributed by atoms with Crippen molar-refractivity contribution in [1.82, 2.24) is 15.5 Å². The van der Waals surface area contributed by atoms with Crippen molar-refractivity contribution in [3.05, 3.63) is 0 Å². The zero-order chi connectivity index (χ0) is 15.7. The number of carboxylic acids is 1. The molecular formula is C13H25N3O4. The van der Waals surface area contributed by atoms with Crippen molar-refractivity contribution in [2.75, 3.05) is 26.2 Å². The second-order valence-corrected chi connectivity index (χ2v) is 4.82. The SMILES string of the molecule is CCN(CC)C(=O)CNC(=O)NCC(C(=O)O)C(C)C. The second-order valence-electron chi connectivity index (χ2n) is 4.82. The van der Waals surface area contributed by atoms with Crippen LogP contribution in [0.2, 0.25) is 0 Å². The molecule has 0 aromatic rings. The predicted molar refractivity (Wildman–Crippen MR) is 75.3 cm³/mol. The molecule has 0 aromatic heterocycles. The van der Waals surface area contributed by atoms with E-state index in [2.05, 4.69) is 10.6 Å². The third-order valence-corrected chi connectivity index (χ3v) is 3.12. The van der Waals surface area contributed by atoms with Crippen molar-refractivity contribution in [2.45, 2.75) is 27.7 Å². The van der Waals surface area contributed by atoms with Crippen LogP contribution in [0, 0.1) is 11.8 Å². The van der Waals surface area contributed by atoms with Crippen LogP contribution in [0.25, 0.3) is 0 Å². The van der Waals surface area contributed by atoms with E-state index in [1.807, 2.05) is 13.8 Å². The highest BCUT2D eigenvalue weighted by Gasteiger charge is 2.22. The van der Waals surface area contributed by atoms with Crippen LogP contribution in [0.4, 0.5) is 4.79 Å². The number of amides is 3. The maximum absolute atomic E-state index is 11.7. The molecule has 0 aliphatic heterocycles. The van der Waals surface area contributed by atoms with Crippen LogP contribution in [-0.2, 0) is 9.59 Å². The van der Waals surface area contributed by atoms with Gasteiger partial charge in [0.25, 0.3) is 0 Å². The third-order valence-electron chi connectivity index (χ3n) is 3.12. The van der Waals surface area contributed by atoms with Gasteiger partial charge in [-0.1, -0.05) is 13.8 Å². The minimum absolute atomic E-state index is 0.0400. The number of carboxylic acid groups (broad SMARTS) is 1. The van der Waals surface area contributed by atoms with Crippen LogP contribution < -0.4 is 10.6 Å². The molecule has 3 N–H and O–H groups in total. The summed E-state index contributed by atoms with van der Waals surface area (Å²) in [7, 11) is 0. The number of urea groups is 1. The van der Waals surface area contributed by atoms with Gasteiger partial charge in [-0.2, -0.15) is 0 Å². The Morgan fingerprint density at radius 1 is 1.10 bits per heavy atom. The normalized spacial score (nSPS) is 11.8. The van der Waals surface area contributed by atoms with Gasteiger partial charge in [0, 0.05) is 19.6 Å². The number of aliphatic carboxylic acids is 1. The Morgan fingerprint density at radius 2 is 1.65 bits per heavy atom. The Bertz CT molecular complexity index is 341. The average Bonchev–Trinajstić information content (AvgIpc) is 2.37. The molecular weight excluding hydrogens is 262 g/mol. The number of nitrogens with zero attached hydrogens (tertiary/aromatic N) is 1. The summed E-state index contributed by atoms with van der Waals surface area (Å²) in [5, 5.41) is 13.9. The van der Waals surface area contributed by atoms with Crippen molar-refractivity contribution >= 4 is 17.9 Å². The van der Waals surface area contributed by atoms with Crippen LogP contribution in [-0.4, -0.2) is 54.1 Å². The van der Waals surface area contributed by atoms with Gasteiger partial charge in [-0.15, -0.1) is 0 Å². The number of nitrogens with one attached hydrogen (secondary N) is 2. The second kappa shape index (κ2) is 9.17. The summed E-state index contributed by atoms with van der Waals surface area (Å²) in [6, 6.07) is -0.530. The fourth-order valence-electron chi connectivity index (χ4n) is 1.72. The molecule has 0 aliphatic rings. The molecule has 0 spiro atoms. The lowest BCUT2D eigenvalue weighted by Gasteiger charge is -2.19. The summed E-state index contributed by atoms with van der Waals surface area (Å²) < 4.78 is 0. The Hall–Kier alpha value is -1.79. The van der Waals surface area contributed by atoms with E-state index in [-0.39, 0.29) is 24.9 Å². The molecule has 0 bridgehead atoms.